The van der Waals surface area contributed by atoms with Gasteiger partial charge in [-0.05, 0) is 123 Å². The van der Waals surface area contributed by atoms with E-state index in [2.05, 4.69) is 31.3 Å². The first-order chi connectivity index (χ1) is 61.3. The number of Topliss-reactive ketones (excluding diaryl/α,β-unsaturated/α-hetero) is 2. The minimum atomic E-state index is -1.75. The Morgan fingerprint density at radius 3 is 1.21 bits per heavy atom. The molecule has 0 radical (unpaired) electrons. The Balaban J connectivity index is 0.000000231. The molecule has 2 aromatic heterocycles. The summed E-state index contributed by atoms with van der Waals surface area (Å²) >= 11 is 0. The molecule has 127 heavy (non-hydrogen) atoms. The maximum atomic E-state index is 14.2. The van der Waals surface area contributed by atoms with Gasteiger partial charge in [-0.15, -0.1) is 10.2 Å². The first kappa shape index (κ1) is 97.6. The minimum absolute atomic E-state index is 0.00628. The number of aromatic nitrogens is 6. The molecular weight excluding hydrogens is 1660 g/mol. The van der Waals surface area contributed by atoms with Crippen molar-refractivity contribution in [3.05, 3.63) is 145 Å². The van der Waals surface area contributed by atoms with Crippen LogP contribution < -0.4 is 10.6 Å². The summed E-state index contributed by atoms with van der Waals surface area (Å²) in [5, 5.41) is 144. The molecule has 7 fully saturated rings. The number of carboxylic acids is 1. The molecule has 1 amide bonds. The van der Waals surface area contributed by atoms with Gasteiger partial charge in [0.05, 0.1) is 73.2 Å². The molecule has 7 aliphatic rings. The molecule has 12 unspecified atom stereocenters. The first-order valence-electron chi connectivity index (χ1n) is 43.8. The highest BCUT2D eigenvalue weighted by Crippen LogP contribution is 2.45. The summed E-state index contributed by atoms with van der Waals surface area (Å²) in [6.07, 6.45) is -30.5. The topological polar surface area (TPSA) is 524 Å². The average Bonchev–Trinajstić information content (AvgIpc) is 1.73. The number of nitrogens with one attached hydrogen (secondary N) is 2. The number of rotatable bonds is 38. The Bertz CT molecular complexity index is 4430. The molecule has 2 saturated carbocycles. The van der Waals surface area contributed by atoms with Crippen molar-refractivity contribution in [2.75, 3.05) is 53.5 Å². The van der Waals surface area contributed by atoms with Crippen LogP contribution in [0.4, 0.5) is 0 Å². The van der Waals surface area contributed by atoms with Gasteiger partial charge in [-0.25, -0.2) is 23.7 Å². The average molecular weight is 1780 g/mol. The number of aliphatic hydroxyl groups is 10. The number of aliphatic hydroxyl groups excluding tert-OH is 10. The summed E-state index contributed by atoms with van der Waals surface area (Å²) in [5.74, 6) is -4.88. The Labute approximate surface area is 734 Å². The number of esters is 2. The molecule has 5 aliphatic heterocycles. The lowest BCUT2D eigenvalue weighted by atomic mass is 9.78. The van der Waals surface area contributed by atoms with E-state index in [4.69, 9.17) is 56.8 Å². The van der Waals surface area contributed by atoms with E-state index in [0.29, 0.717) is 63.3 Å². The zero-order valence-corrected chi connectivity index (χ0v) is 71.9. The number of carboxylic acid groups (broad SMARTS) is 1. The zero-order valence-electron chi connectivity index (χ0n) is 71.9. The maximum absolute atomic E-state index is 14.2. The van der Waals surface area contributed by atoms with Gasteiger partial charge < -0.3 is 129 Å². The highest BCUT2D eigenvalue weighted by molar-refractivity contribution is 5.90. The van der Waals surface area contributed by atoms with E-state index >= 15 is 0 Å². The second-order valence-electron chi connectivity index (χ2n) is 33.3. The van der Waals surface area contributed by atoms with Gasteiger partial charge in [0.1, 0.15) is 115 Å². The highest BCUT2D eigenvalue weighted by Gasteiger charge is 2.58. The van der Waals surface area contributed by atoms with Crippen molar-refractivity contribution in [1.29, 1.82) is 0 Å². The van der Waals surface area contributed by atoms with Gasteiger partial charge in [0.15, 0.2) is 43.5 Å². The first-order valence-corrected chi connectivity index (χ1v) is 43.8. The van der Waals surface area contributed by atoms with Crippen molar-refractivity contribution in [1.82, 2.24) is 45.5 Å². The summed E-state index contributed by atoms with van der Waals surface area (Å²) < 4.78 is 78.9. The van der Waals surface area contributed by atoms with Crippen LogP contribution in [0, 0.1) is 11.8 Å². The monoisotopic (exact) mass is 1780 g/mol. The number of carbonyl (C=O) groups excluding carboxylic acids is 5. The highest BCUT2D eigenvalue weighted by atomic mass is 16.8. The second kappa shape index (κ2) is 46.3. The summed E-state index contributed by atoms with van der Waals surface area (Å²) in [6.45, 7) is 7.40. The Morgan fingerprint density at radius 2 is 0.850 bits per heavy atom. The summed E-state index contributed by atoms with van der Waals surface area (Å²) in [5.41, 5.74) is 2.80. The third-order valence-electron chi connectivity index (χ3n) is 24.4. The molecular formula is C89H121N9O29. The molecule has 7 heterocycles. The third-order valence-corrected chi connectivity index (χ3v) is 24.4. The van der Waals surface area contributed by atoms with Crippen LogP contribution in [0.3, 0.4) is 0 Å². The molecule has 13 N–H and O–H groups in total. The fourth-order valence-corrected chi connectivity index (χ4v) is 17.1. The van der Waals surface area contributed by atoms with E-state index in [1.54, 1.807) is 91.5 Å². The summed E-state index contributed by atoms with van der Waals surface area (Å²) in [7, 11) is 3.57. The molecule has 0 bridgehead atoms. The molecule has 30 atom stereocenters. The van der Waals surface area contributed by atoms with Crippen molar-refractivity contribution in [2.45, 2.75) is 283 Å². The molecule has 38 heteroatoms. The molecule has 0 spiro atoms. The van der Waals surface area contributed by atoms with Gasteiger partial charge in [-0.2, -0.15) is 0 Å². The lowest BCUT2D eigenvalue weighted by Crippen LogP contribution is -2.64. The Hall–Kier alpha value is -8.50. The molecule has 38 nitrogen and oxygen atoms in total. The predicted molar refractivity (Wildman–Crippen MR) is 446 cm³/mol. The quantitative estimate of drug-likeness (QED) is 0.0195. The van der Waals surface area contributed by atoms with Crippen molar-refractivity contribution in [3.8, 4) is 22.5 Å². The normalized spacial score (nSPS) is 33.1. The van der Waals surface area contributed by atoms with E-state index in [0.717, 1.165) is 17.5 Å². The molecule has 696 valence electrons. The van der Waals surface area contributed by atoms with Crippen molar-refractivity contribution < 1.29 is 142 Å². The van der Waals surface area contributed by atoms with Crippen LogP contribution in [-0.2, 0) is 76.0 Å². The predicted octanol–water partition coefficient (Wildman–Crippen LogP) is 2.16. The van der Waals surface area contributed by atoms with E-state index < -0.39 is 214 Å². The molecule has 5 saturated heterocycles. The van der Waals surface area contributed by atoms with E-state index in [-0.39, 0.29) is 80.0 Å². The van der Waals surface area contributed by atoms with E-state index in [1.165, 1.54) is 30.7 Å². The van der Waals surface area contributed by atoms with Gasteiger partial charge in [-0.1, -0.05) is 134 Å². The Morgan fingerprint density at radius 1 is 0.465 bits per heavy atom. The zero-order chi connectivity index (χ0) is 90.7. The molecule has 2 aliphatic carbocycles. The number of ketones is 2. The van der Waals surface area contributed by atoms with Crippen LogP contribution in [0.25, 0.3) is 22.5 Å². The van der Waals surface area contributed by atoms with Crippen LogP contribution >= 0.6 is 0 Å². The van der Waals surface area contributed by atoms with Crippen LogP contribution in [-0.4, -0.2) is 339 Å². The lowest BCUT2D eigenvalue weighted by Gasteiger charge is -2.49. The fourth-order valence-electron chi connectivity index (χ4n) is 17.1. The molecule has 6 aromatic rings. The lowest BCUT2D eigenvalue weighted by molar-refractivity contribution is -0.348. The summed E-state index contributed by atoms with van der Waals surface area (Å²) in [6, 6.07) is 32.8. The molecule has 13 rings (SSSR count). The van der Waals surface area contributed by atoms with Crippen molar-refractivity contribution in [3.63, 3.8) is 0 Å². The number of likely N-dealkylation sites (tertiary alicyclic amines) is 1. The number of hydrogen-bond acceptors (Lipinski definition) is 34. The number of ether oxygens (including phenoxy) is 12. The van der Waals surface area contributed by atoms with E-state index in [1.807, 2.05) is 67.6 Å². The smallest absolute Gasteiger partial charge is 0.338 e. The minimum Gasteiger partial charge on any atom is -0.479 e. The standard InChI is InChI=1S/C46H63N5O14.C43H58N4O15/c1-4-13-33(43(58)50-20-12-21-50)61-41-37(55)35(25-52)63-46(42(41)64-44(59)28-16-9-6-10-17-28)62-34-23-29(32(53)18-11-19-47-3)22-31(51-24-30(48-49-51)27-14-7-5-8-15-27)40(34)65-45-39(57)38(56)36(54)26(2)60-45;1-4-12-30(40(54)55)58-38-34(51)32(22-48)60-43(39(38)61-41(56)25-15-9-6-10-16-25)59-31-20-26(29(49)17-11-18-44-3)19-28(47-21-27(45-46-47)24-13-7-5-8-14-24)37(31)62-42-36(53)35(52)33(50)23(2)57-42/h5-10,14-17,24,26,29,31,33-42,45-47,52,54-57H,4,11-13,18-23,25H2,1-3H3;5-10,13-16,21,23,26,28,30-39,42-44,48,50-53H,4,11-12,17-20,22H2,1-3H3,(H,54,55)/t26?,29?,31?,33-,34+,35-,36+,37-,38-,39?,40+,41?,42?,45-,46+;23?,26?,28?,30-,31+,32-,33+,34-,35-,36?,37+,38?,39?,42-,43+/m00/s1. The number of nitrogens with zero attached hydrogens (tertiary/aromatic N) is 7. The van der Waals surface area contributed by atoms with Gasteiger partial charge in [0.25, 0.3) is 5.91 Å². The number of aliphatic carboxylic acids is 1. The molecule has 4 aromatic carbocycles. The van der Waals surface area contributed by atoms with Gasteiger partial charge in [0.2, 0.25) is 0 Å². The maximum Gasteiger partial charge on any atom is 0.338 e. The van der Waals surface area contributed by atoms with Crippen LogP contribution in [0.2, 0.25) is 0 Å². The Kier molecular flexibility index (Phi) is 35.6. The third kappa shape index (κ3) is 24.0. The van der Waals surface area contributed by atoms with Gasteiger partial charge in [0, 0.05) is 48.9 Å². The van der Waals surface area contributed by atoms with Crippen LogP contribution in [0.15, 0.2) is 134 Å². The van der Waals surface area contributed by atoms with Crippen LogP contribution in [0.1, 0.15) is 144 Å². The van der Waals surface area contributed by atoms with Crippen molar-refractivity contribution >= 4 is 35.4 Å². The second-order valence-corrected chi connectivity index (χ2v) is 33.3. The van der Waals surface area contributed by atoms with Crippen molar-refractivity contribution in [2.24, 2.45) is 11.8 Å². The SMILES string of the molecule is CCC[C@H](OC1C(OC(=O)c2ccccc2)[C@H](O[C@@H]2CC(C(=O)CCCNC)CC(n3cc(-c4ccccc4)nn3)[C@H]2O[C@@H]2OC(C)[C@@H](O)[C@H](O)C2O)O[C@@H](CO)[C@@H]1O)C(=O)N1CCC1.CCC[C@H](OC1C(OC(=O)c2ccccc2)[C@H](O[C@@H]2CC(C(=O)CCCNC)CC(n3cc(-c4ccccc4)nn3)[C@H]2O[C@@H]2OC(C)[C@@H](O)[C@H](O)C2O)O[C@@H](CO)[C@@H]1O)C(=O)O. The number of hydrogen-bond donors (Lipinski definition) is 13. The van der Waals surface area contributed by atoms with Crippen LogP contribution in [0.5, 0.6) is 0 Å². The number of benzene rings is 4. The summed E-state index contributed by atoms with van der Waals surface area (Å²) in [4.78, 5) is 83.7. The number of carbonyl (C=O) groups is 6. The largest absolute Gasteiger partial charge is 0.479 e. The number of amides is 1. The van der Waals surface area contributed by atoms with E-state index in [9.17, 15) is 84.9 Å². The van der Waals surface area contributed by atoms with Gasteiger partial charge >= 0.3 is 17.9 Å². The van der Waals surface area contributed by atoms with Gasteiger partial charge in [-0.3, -0.25) is 14.4 Å². The fraction of sp³-hybridized carbons (Fsp3) is 0.618.